The van der Waals surface area contributed by atoms with Crippen LogP contribution in [0.1, 0.15) is 31.2 Å². The zero-order chi connectivity index (χ0) is 16.1. The van der Waals surface area contributed by atoms with Gasteiger partial charge in [-0.1, -0.05) is 26.0 Å². The fourth-order valence-corrected chi connectivity index (χ4v) is 2.47. The molecule has 22 heavy (non-hydrogen) atoms. The summed E-state index contributed by atoms with van der Waals surface area (Å²) in [5.74, 6) is 0.766. The van der Waals surface area contributed by atoms with Gasteiger partial charge >= 0.3 is 0 Å². The summed E-state index contributed by atoms with van der Waals surface area (Å²) in [7, 11) is 1.62. The number of methoxy groups -OCH3 is 1. The highest BCUT2D eigenvalue weighted by molar-refractivity contribution is 9.10. The van der Waals surface area contributed by atoms with Gasteiger partial charge in [-0.3, -0.25) is 4.40 Å². The van der Waals surface area contributed by atoms with Gasteiger partial charge in [-0.2, -0.15) is 0 Å². The van der Waals surface area contributed by atoms with E-state index in [1.54, 1.807) is 13.3 Å². The van der Waals surface area contributed by atoms with Crippen LogP contribution in [-0.2, 0) is 0 Å². The first-order valence-corrected chi connectivity index (χ1v) is 7.93. The van der Waals surface area contributed by atoms with Crippen molar-refractivity contribution in [1.82, 2.24) is 9.38 Å². The number of hydrogen-bond donors (Lipinski definition) is 1. The molecule has 5 heteroatoms. The average molecular weight is 363 g/mol. The third kappa shape index (κ3) is 3.31. The van der Waals surface area contributed by atoms with Crippen molar-refractivity contribution in [3.8, 4) is 5.75 Å². The van der Waals surface area contributed by atoms with Gasteiger partial charge in [0.2, 0.25) is 0 Å². The third-order valence-corrected chi connectivity index (χ3v) is 3.68. The molecule has 0 aliphatic carbocycles. The van der Waals surface area contributed by atoms with Crippen LogP contribution in [0.5, 0.6) is 5.75 Å². The number of halogens is 1. The Morgan fingerprint density at radius 3 is 2.45 bits per heavy atom. The van der Waals surface area contributed by atoms with Crippen molar-refractivity contribution >= 4 is 21.6 Å². The maximum absolute atomic E-state index is 10.5. The maximum Gasteiger partial charge on any atom is 0.137 e. The number of benzene rings is 1. The van der Waals surface area contributed by atoms with Crippen LogP contribution in [0.3, 0.4) is 0 Å². The molecular formula is C17H19BrN2O2. The van der Waals surface area contributed by atoms with Crippen LogP contribution < -0.4 is 4.74 Å². The van der Waals surface area contributed by atoms with E-state index >= 15 is 0 Å². The van der Waals surface area contributed by atoms with Gasteiger partial charge in [0.05, 0.1) is 19.0 Å². The molecule has 3 rings (SSSR count). The van der Waals surface area contributed by atoms with E-state index in [2.05, 4.69) is 20.9 Å². The number of ether oxygens (including phenoxy) is 1. The highest BCUT2D eigenvalue weighted by Gasteiger charge is 2.15. The fraction of sp³-hybridized carbons (Fsp3) is 0.235. The predicted molar refractivity (Wildman–Crippen MR) is 91.3 cm³/mol. The molecule has 0 aliphatic rings. The molecule has 1 unspecified atom stereocenters. The number of aliphatic hydroxyl groups is 1. The molecule has 0 bridgehead atoms. The molecule has 116 valence electrons. The molecule has 0 saturated heterocycles. The van der Waals surface area contributed by atoms with E-state index < -0.39 is 6.10 Å². The Kier molecular flexibility index (Phi) is 5.57. The number of aliphatic hydroxyl groups excluding tert-OH is 1. The number of imidazole rings is 1. The fourth-order valence-electron chi connectivity index (χ4n) is 2.13. The summed E-state index contributed by atoms with van der Waals surface area (Å²) < 4.78 is 7.93. The largest absolute Gasteiger partial charge is 0.497 e. The third-order valence-electron chi connectivity index (χ3n) is 3.21. The average Bonchev–Trinajstić information content (AvgIpc) is 2.99. The standard InChI is InChI=1S/C15H13BrN2O2.C2H6/c1-20-12-5-2-10(3-6-12)15(19)13-8-17-14-7-4-11(16)9-18(13)14;1-2/h2-9,15,19H,1H3;1-2H3. The second-order valence-corrected chi connectivity index (χ2v) is 5.35. The molecule has 0 amide bonds. The SMILES string of the molecule is CC.COc1ccc(C(O)c2cnc3ccc(Br)cn23)cc1. The molecular weight excluding hydrogens is 344 g/mol. The Morgan fingerprint density at radius 2 is 1.82 bits per heavy atom. The van der Waals surface area contributed by atoms with Crippen LogP contribution >= 0.6 is 15.9 Å². The normalized spacial score (nSPS) is 11.7. The number of pyridine rings is 1. The molecule has 0 radical (unpaired) electrons. The van der Waals surface area contributed by atoms with E-state index in [0.717, 1.165) is 27.1 Å². The molecule has 1 N–H and O–H groups in total. The van der Waals surface area contributed by atoms with E-state index in [1.165, 1.54) is 0 Å². The Bertz CT molecular complexity index is 738. The summed E-state index contributed by atoms with van der Waals surface area (Å²) in [5, 5.41) is 10.5. The topological polar surface area (TPSA) is 46.8 Å². The van der Waals surface area contributed by atoms with Crippen LogP contribution in [0, 0.1) is 0 Å². The molecule has 0 spiro atoms. The Balaban J connectivity index is 0.000000847. The lowest BCUT2D eigenvalue weighted by atomic mass is 10.1. The summed E-state index contributed by atoms with van der Waals surface area (Å²) in [6, 6.07) is 11.2. The van der Waals surface area contributed by atoms with Crippen molar-refractivity contribution < 1.29 is 9.84 Å². The Hall–Kier alpha value is -1.85. The number of hydrogen-bond acceptors (Lipinski definition) is 3. The van der Waals surface area contributed by atoms with E-state index in [4.69, 9.17) is 4.74 Å². The zero-order valence-corrected chi connectivity index (χ0v) is 14.4. The van der Waals surface area contributed by atoms with Crippen LogP contribution in [0.15, 0.2) is 53.3 Å². The summed E-state index contributed by atoms with van der Waals surface area (Å²) >= 11 is 3.43. The number of rotatable bonds is 3. The Labute approximate surface area is 138 Å². The predicted octanol–water partition coefficient (Wildman–Crippen LogP) is 4.21. The minimum atomic E-state index is -0.731. The minimum Gasteiger partial charge on any atom is -0.497 e. The first-order valence-electron chi connectivity index (χ1n) is 7.13. The van der Waals surface area contributed by atoms with Crippen LogP contribution in [0.4, 0.5) is 0 Å². The maximum atomic E-state index is 10.5. The van der Waals surface area contributed by atoms with Crippen molar-refractivity contribution in [2.75, 3.05) is 7.11 Å². The van der Waals surface area contributed by atoms with E-state index in [-0.39, 0.29) is 0 Å². The summed E-state index contributed by atoms with van der Waals surface area (Å²) in [6.07, 6.45) is 2.85. The molecule has 2 aromatic heterocycles. The summed E-state index contributed by atoms with van der Waals surface area (Å²) in [4.78, 5) is 4.30. The molecule has 3 aromatic rings. The van der Waals surface area contributed by atoms with Gasteiger partial charge < -0.3 is 9.84 Å². The first-order chi connectivity index (χ1) is 10.7. The van der Waals surface area contributed by atoms with Crippen molar-refractivity contribution in [1.29, 1.82) is 0 Å². The second kappa shape index (κ2) is 7.42. The molecule has 0 aliphatic heterocycles. The van der Waals surface area contributed by atoms with Gasteiger partial charge in [-0.15, -0.1) is 0 Å². The van der Waals surface area contributed by atoms with Gasteiger partial charge in [-0.05, 0) is 45.8 Å². The van der Waals surface area contributed by atoms with Gasteiger partial charge in [0, 0.05) is 10.7 Å². The lowest BCUT2D eigenvalue weighted by Gasteiger charge is -2.11. The van der Waals surface area contributed by atoms with Crippen molar-refractivity contribution in [2.24, 2.45) is 0 Å². The van der Waals surface area contributed by atoms with Crippen LogP contribution in [0.2, 0.25) is 0 Å². The lowest BCUT2D eigenvalue weighted by Crippen LogP contribution is -2.03. The van der Waals surface area contributed by atoms with Crippen LogP contribution in [0.25, 0.3) is 5.65 Å². The van der Waals surface area contributed by atoms with Crippen molar-refractivity contribution in [3.63, 3.8) is 0 Å². The smallest absolute Gasteiger partial charge is 0.137 e. The monoisotopic (exact) mass is 362 g/mol. The second-order valence-electron chi connectivity index (χ2n) is 4.43. The number of nitrogens with zero attached hydrogens (tertiary/aromatic N) is 2. The summed E-state index contributed by atoms with van der Waals surface area (Å²) in [6.45, 7) is 4.00. The number of fused-ring (bicyclic) bond motifs is 1. The highest BCUT2D eigenvalue weighted by atomic mass is 79.9. The first kappa shape index (κ1) is 16.5. The van der Waals surface area contributed by atoms with Gasteiger partial charge in [-0.25, -0.2) is 4.98 Å². The van der Waals surface area contributed by atoms with Gasteiger partial charge in [0.25, 0.3) is 0 Å². The highest BCUT2D eigenvalue weighted by Crippen LogP contribution is 2.25. The molecule has 1 atom stereocenters. The molecule has 0 fully saturated rings. The van der Waals surface area contributed by atoms with E-state index in [1.807, 2.05) is 60.8 Å². The Morgan fingerprint density at radius 1 is 1.14 bits per heavy atom. The van der Waals surface area contributed by atoms with Gasteiger partial charge in [0.1, 0.15) is 17.5 Å². The molecule has 4 nitrogen and oxygen atoms in total. The quantitative estimate of drug-likeness (QED) is 0.758. The van der Waals surface area contributed by atoms with E-state index in [9.17, 15) is 5.11 Å². The van der Waals surface area contributed by atoms with Crippen LogP contribution in [-0.4, -0.2) is 21.6 Å². The summed E-state index contributed by atoms with van der Waals surface area (Å²) in [5.41, 5.74) is 2.33. The molecule has 0 saturated carbocycles. The minimum absolute atomic E-state index is 0.728. The molecule has 2 heterocycles. The lowest BCUT2D eigenvalue weighted by molar-refractivity contribution is 0.214. The van der Waals surface area contributed by atoms with Crippen molar-refractivity contribution in [3.05, 3.63) is 64.5 Å². The van der Waals surface area contributed by atoms with Crippen molar-refractivity contribution in [2.45, 2.75) is 20.0 Å². The van der Waals surface area contributed by atoms with Gasteiger partial charge in [0.15, 0.2) is 0 Å². The van der Waals surface area contributed by atoms with E-state index in [0.29, 0.717) is 0 Å². The number of aromatic nitrogens is 2. The zero-order valence-electron chi connectivity index (χ0n) is 12.8. The molecule has 1 aromatic carbocycles.